The van der Waals surface area contributed by atoms with Crippen LogP contribution in [-0.4, -0.2) is 5.84 Å². The summed E-state index contributed by atoms with van der Waals surface area (Å²) in [5.41, 5.74) is 2.03. The van der Waals surface area contributed by atoms with E-state index in [1.54, 1.807) is 5.01 Å². The van der Waals surface area contributed by atoms with Gasteiger partial charge in [-0.2, -0.15) is 0 Å². The van der Waals surface area contributed by atoms with Crippen LogP contribution in [0, 0.1) is 0 Å². The molecule has 0 saturated carbocycles. The molecule has 0 aliphatic carbocycles. The summed E-state index contributed by atoms with van der Waals surface area (Å²) < 4.78 is 0. The molecule has 3 nitrogen and oxygen atoms in total. The molecule has 2 aromatic carbocycles. The van der Waals surface area contributed by atoms with Crippen molar-refractivity contribution in [3.05, 3.63) is 36.4 Å². The monoisotopic (exact) mass is 197 g/mol. The number of hydrogen-bond acceptors (Lipinski definition) is 3. The van der Waals surface area contributed by atoms with Crippen LogP contribution in [0.1, 0.15) is 6.92 Å². The highest BCUT2D eigenvalue weighted by Gasteiger charge is 2.16. The van der Waals surface area contributed by atoms with Crippen LogP contribution in [0.5, 0.6) is 0 Å². The van der Waals surface area contributed by atoms with Gasteiger partial charge in [-0.3, -0.25) is 5.01 Å². The van der Waals surface area contributed by atoms with Crippen molar-refractivity contribution in [1.29, 1.82) is 0 Å². The quantitative estimate of drug-likeness (QED) is 0.659. The Morgan fingerprint density at radius 1 is 1.13 bits per heavy atom. The highest BCUT2D eigenvalue weighted by atomic mass is 15.4. The molecule has 0 radical (unpaired) electrons. The van der Waals surface area contributed by atoms with Crippen LogP contribution in [-0.2, 0) is 0 Å². The molecule has 74 valence electrons. The summed E-state index contributed by atoms with van der Waals surface area (Å²) in [4.78, 5) is 4.46. The van der Waals surface area contributed by atoms with Crippen LogP contribution in [0.3, 0.4) is 0 Å². The Labute approximate surface area is 87.8 Å². The number of aliphatic imine (C=N–C) groups is 1. The van der Waals surface area contributed by atoms with Gasteiger partial charge in [0.2, 0.25) is 0 Å². The first-order valence-corrected chi connectivity index (χ1v) is 4.89. The van der Waals surface area contributed by atoms with Crippen molar-refractivity contribution in [3.63, 3.8) is 0 Å². The maximum Gasteiger partial charge on any atom is 0.120 e. The van der Waals surface area contributed by atoms with E-state index in [9.17, 15) is 0 Å². The van der Waals surface area contributed by atoms with Crippen molar-refractivity contribution in [2.24, 2.45) is 10.8 Å². The molecule has 0 fully saturated rings. The van der Waals surface area contributed by atoms with Gasteiger partial charge in [0.05, 0.1) is 11.4 Å². The SMILES string of the molecule is CC1=Nc2cccc3cccc(c23)N1N. The van der Waals surface area contributed by atoms with E-state index in [0.29, 0.717) is 0 Å². The van der Waals surface area contributed by atoms with Gasteiger partial charge in [0.25, 0.3) is 0 Å². The smallest absolute Gasteiger partial charge is 0.120 e. The van der Waals surface area contributed by atoms with Gasteiger partial charge in [-0.1, -0.05) is 24.3 Å². The van der Waals surface area contributed by atoms with Crippen LogP contribution < -0.4 is 10.9 Å². The summed E-state index contributed by atoms with van der Waals surface area (Å²) in [6, 6.07) is 12.2. The number of hydrogen-bond donors (Lipinski definition) is 1. The Balaban J connectivity index is 2.49. The molecule has 0 spiro atoms. The van der Waals surface area contributed by atoms with E-state index >= 15 is 0 Å². The lowest BCUT2D eigenvalue weighted by atomic mass is 10.1. The van der Waals surface area contributed by atoms with E-state index in [-0.39, 0.29) is 0 Å². The lowest BCUT2D eigenvalue weighted by Crippen LogP contribution is -2.36. The van der Waals surface area contributed by atoms with Crippen LogP contribution >= 0.6 is 0 Å². The fraction of sp³-hybridized carbons (Fsp3) is 0.0833. The molecule has 0 atom stereocenters. The van der Waals surface area contributed by atoms with E-state index in [2.05, 4.69) is 17.1 Å². The number of amidine groups is 1. The minimum Gasteiger partial charge on any atom is -0.265 e. The van der Waals surface area contributed by atoms with Crippen molar-refractivity contribution in [3.8, 4) is 0 Å². The summed E-state index contributed by atoms with van der Waals surface area (Å²) in [5.74, 6) is 6.77. The van der Waals surface area contributed by atoms with Crippen molar-refractivity contribution < 1.29 is 0 Å². The van der Waals surface area contributed by atoms with Crippen LogP contribution in [0.2, 0.25) is 0 Å². The molecule has 3 heteroatoms. The number of hydrazine groups is 1. The zero-order chi connectivity index (χ0) is 10.4. The fourth-order valence-electron chi connectivity index (χ4n) is 2.00. The van der Waals surface area contributed by atoms with Gasteiger partial charge in [0.1, 0.15) is 5.84 Å². The third-order valence-corrected chi connectivity index (χ3v) is 2.75. The number of nitrogens with two attached hydrogens (primary N) is 1. The minimum atomic E-state index is 0.821. The first-order valence-electron chi connectivity index (χ1n) is 4.89. The lowest BCUT2D eigenvalue weighted by Gasteiger charge is -2.24. The first kappa shape index (κ1) is 8.44. The Bertz CT molecular complexity index is 567. The highest BCUT2D eigenvalue weighted by molar-refractivity contribution is 6.13. The van der Waals surface area contributed by atoms with E-state index in [1.165, 1.54) is 5.39 Å². The zero-order valence-electron chi connectivity index (χ0n) is 8.44. The summed E-state index contributed by atoms with van der Waals surface area (Å²) >= 11 is 0. The normalized spacial score (nSPS) is 14.3. The van der Waals surface area contributed by atoms with Crippen LogP contribution in [0.25, 0.3) is 10.8 Å². The van der Waals surface area contributed by atoms with Gasteiger partial charge in [-0.05, 0) is 24.4 Å². The Hall–Kier alpha value is -1.87. The predicted octanol–water partition coefficient (Wildman–Crippen LogP) is 2.58. The molecule has 2 aromatic rings. The van der Waals surface area contributed by atoms with Gasteiger partial charge < -0.3 is 0 Å². The molecule has 0 aromatic heterocycles. The van der Waals surface area contributed by atoms with E-state index in [1.807, 2.05) is 31.2 Å². The average molecular weight is 197 g/mol. The van der Waals surface area contributed by atoms with Crippen LogP contribution in [0.15, 0.2) is 41.4 Å². The molecular formula is C12H11N3. The van der Waals surface area contributed by atoms with Crippen molar-refractivity contribution in [2.75, 3.05) is 5.01 Å². The summed E-state index contributed by atoms with van der Waals surface area (Å²) in [7, 11) is 0. The zero-order valence-corrected chi connectivity index (χ0v) is 8.44. The predicted molar refractivity (Wildman–Crippen MR) is 63.4 cm³/mol. The molecule has 0 unspecified atom stereocenters. The number of rotatable bonds is 0. The molecule has 2 N–H and O–H groups in total. The van der Waals surface area contributed by atoms with Gasteiger partial charge in [-0.15, -0.1) is 0 Å². The molecule has 3 rings (SSSR count). The largest absolute Gasteiger partial charge is 0.265 e. The van der Waals surface area contributed by atoms with Gasteiger partial charge in [0.15, 0.2) is 0 Å². The first-order chi connectivity index (χ1) is 7.27. The topological polar surface area (TPSA) is 41.6 Å². The molecule has 0 amide bonds. The second-order valence-electron chi connectivity index (χ2n) is 3.68. The molecule has 0 saturated heterocycles. The fourth-order valence-corrected chi connectivity index (χ4v) is 2.00. The average Bonchev–Trinajstić information content (AvgIpc) is 2.26. The van der Waals surface area contributed by atoms with Crippen LogP contribution in [0.4, 0.5) is 11.4 Å². The second kappa shape index (κ2) is 2.81. The molecule has 0 bridgehead atoms. The maximum absolute atomic E-state index is 5.95. The highest BCUT2D eigenvalue weighted by Crippen LogP contribution is 2.36. The van der Waals surface area contributed by atoms with E-state index in [0.717, 1.165) is 22.6 Å². The summed E-state index contributed by atoms with van der Waals surface area (Å²) in [5, 5.41) is 3.94. The minimum absolute atomic E-state index is 0.821. The number of benzene rings is 2. The summed E-state index contributed by atoms with van der Waals surface area (Å²) in [6.07, 6.45) is 0. The standard InChI is InChI=1S/C12H11N3/c1-8-14-10-6-2-4-9-5-3-7-11(12(9)10)15(8)13/h2-7H,13H2,1H3. The number of nitrogens with zero attached hydrogens (tertiary/aromatic N) is 2. The lowest BCUT2D eigenvalue weighted by molar-refractivity contribution is 1.11. The molecule has 1 aliphatic rings. The Kier molecular flexibility index (Phi) is 1.58. The van der Waals surface area contributed by atoms with Gasteiger partial charge in [-0.25, -0.2) is 10.8 Å². The molecule has 1 heterocycles. The Morgan fingerprint density at radius 3 is 2.67 bits per heavy atom. The summed E-state index contributed by atoms with van der Waals surface area (Å²) in [6.45, 7) is 1.91. The third-order valence-electron chi connectivity index (χ3n) is 2.75. The molecule has 15 heavy (non-hydrogen) atoms. The van der Waals surface area contributed by atoms with Gasteiger partial charge >= 0.3 is 0 Å². The molecule has 1 aliphatic heterocycles. The van der Waals surface area contributed by atoms with E-state index in [4.69, 9.17) is 5.84 Å². The van der Waals surface area contributed by atoms with Gasteiger partial charge in [0, 0.05) is 5.39 Å². The molecular weight excluding hydrogens is 186 g/mol. The number of anilines is 1. The second-order valence-corrected chi connectivity index (χ2v) is 3.68. The van der Waals surface area contributed by atoms with E-state index < -0.39 is 0 Å². The Morgan fingerprint density at radius 2 is 1.87 bits per heavy atom. The third kappa shape index (κ3) is 1.07. The van der Waals surface area contributed by atoms with Crippen molar-refractivity contribution >= 4 is 28.0 Å². The van der Waals surface area contributed by atoms with Crippen molar-refractivity contribution in [2.45, 2.75) is 6.92 Å². The van der Waals surface area contributed by atoms with Crippen molar-refractivity contribution in [1.82, 2.24) is 0 Å². The maximum atomic E-state index is 5.95.